The minimum absolute atomic E-state index is 0. The molecule has 0 saturated heterocycles. The van der Waals surface area contributed by atoms with Crippen LogP contribution >= 0.6 is 12.4 Å². The molecule has 2 atom stereocenters. The van der Waals surface area contributed by atoms with Crippen molar-refractivity contribution in [3.8, 4) is 0 Å². The lowest BCUT2D eigenvalue weighted by molar-refractivity contribution is -0.117. The zero-order valence-electron chi connectivity index (χ0n) is 11.7. The van der Waals surface area contributed by atoms with Gasteiger partial charge in [0.05, 0.1) is 5.69 Å². The Morgan fingerprint density at radius 1 is 1.45 bits per heavy atom. The molecule has 112 valence electrons. The van der Waals surface area contributed by atoms with E-state index in [1.807, 2.05) is 6.92 Å². The third-order valence-corrected chi connectivity index (χ3v) is 3.77. The molecule has 0 aliphatic heterocycles. The SMILES string of the molecule is CCn1cc(NC(=O)C[C@@H]2CCC[C@H]2N)ccc1=O.Cl. The van der Waals surface area contributed by atoms with Gasteiger partial charge in [-0.1, -0.05) is 6.42 Å². The molecule has 0 radical (unpaired) electrons. The van der Waals surface area contributed by atoms with Crippen LogP contribution in [0.1, 0.15) is 32.6 Å². The van der Waals surface area contributed by atoms with E-state index in [0.29, 0.717) is 18.7 Å². The van der Waals surface area contributed by atoms with Crippen LogP contribution < -0.4 is 16.6 Å². The van der Waals surface area contributed by atoms with Crippen molar-refractivity contribution in [3.05, 3.63) is 28.7 Å². The molecule has 2 rings (SSSR count). The maximum Gasteiger partial charge on any atom is 0.250 e. The Balaban J connectivity index is 0.00000200. The highest BCUT2D eigenvalue weighted by Crippen LogP contribution is 2.27. The number of halogens is 1. The number of carbonyl (C=O) groups excluding carboxylic acids is 1. The first-order chi connectivity index (χ1) is 9.10. The largest absolute Gasteiger partial charge is 0.327 e. The van der Waals surface area contributed by atoms with Crippen LogP contribution in [0.4, 0.5) is 5.69 Å². The summed E-state index contributed by atoms with van der Waals surface area (Å²) in [6.07, 6.45) is 5.29. The van der Waals surface area contributed by atoms with Crippen molar-refractivity contribution < 1.29 is 4.79 Å². The van der Waals surface area contributed by atoms with Crippen molar-refractivity contribution in [2.24, 2.45) is 11.7 Å². The first-order valence-corrected chi connectivity index (χ1v) is 6.86. The lowest BCUT2D eigenvalue weighted by Crippen LogP contribution is -2.28. The second-order valence-corrected chi connectivity index (χ2v) is 5.15. The van der Waals surface area contributed by atoms with Gasteiger partial charge in [0.1, 0.15) is 0 Å². The highest BCUT2D eigenvalue weighted by molar-refractivity contribution is 5.90. The van der Waals surface area contributed by atoms with E-state index in [9.17, 15) is 9.59 Å². The molecule has 1 saturated carbocycles. The number of pyridine rings is 1. The molecule has 1 heterocycles. The van der Waals surface area contributed by atoms with Gasteiger partial charge in [-0.25, -0.2) is 0 Å². The molecule has 1 fully saturated rings. The standard InChI is InChI=1S/C14H21N3O2.ClH/c1-2-17-9-11(6-7-14(17)19)16-13(18)8-10-4-3-5-12(10)15;/h6-7,9-10,12H,2-5,8,15H2,1H3,(H,16,18);1H/t10-,12+;/m0./s1. The van der Waals surface area contributed by atoms with E-state index in [1.54, 1.807) is 16.8 Å². The minimum atomic E-state index is -0.0571. The molecule has 3 N–H and O–H groups in total. The van der Waals surface area contributed by atoms with Gasteiger partial charge in [0.25, 0.3) is 5.56 Å². The first kappa shape index (κ1) is 16.7. The molecule has 0 unspecified atom stereocenters. The summed E-state index contributed by atoms with van der Waals surface area (Å²) < 4.78 is 1.57. The van der Waals surface area contributed by atoms with Crippen LogP contribution in [0, 0.1) is 5.92 Å². The van der Waals surface area contributed by atoms with Crippen molar-refractivity contribution in [1.29, 1.82) is 0 Å². The molecule has 1 aliphatic rings. The van der Waals surface area contributed by atoms with Crippen LogP contribution in [0.15, 0.2) is 23.1 Å². The van der Waals surface area contributed by atoms with Gasteiger partial charge in [0.2, 0.25) is 5.91 Å². The molecule has 0 bridgehead atoms. The van der Waals surface area contributed by atoms with Crippen LogP contribution in [0.2, 0.25) is 0 Å². The lowest BCUT2D eigenvalue weighted by Gasteiger charge is -2.15. The predicted molar refractivity (Wildman–Crippen MR) is 82.2 cm³/mol. The van der Waals surface area contributed by atoms with Crippen LogP contribution in [0.5, 0.6) is 0 Å². The van der Waals surface area contributed by atoms with Gasteiger partial charge in [-0.15, -0.1) is 12.4 Å². The number of aryl methyl sites for hydroxylation is 1. The molecule has 0 spiro atoms. The summed E-state index contributed by atoms with van der Waals surface area (Å²) in [4.78, 5) is 23.4. The number of amides is 1. The summed E-state index contributed by atoms with van der Waals surface area (Å²) in [7, 11) is 0. The number of anilines is 1. The fourth-order valence-corrected chi connectivity index (χ4v) is 2.62. The van der Waals surface area contributed by atoms with Gasteiger partial charge < -0.3 is 15.6 Å². The van der Waals surface area contributed by atoms with Gasteiger partial charge >= 0.3 is 0 Å². The van der Waals surface area contributed by atoms with E-state index >= 15 is 0 Å². The molecule has 1 amide bonds. The van der Waals surface area contributed by atoms with Gasteiger partial charge in [0, 0.05) is 31.3 Å². The third-order valence-electron chi connectivity index (χ3n) is 3.77. The summed E-state index contributed by atoms with van der Waals surface area (Å²) in [6.45, 7) is 2.49. The average molecular weight is 300 g/mol. The van der Waals surface area contributed by atoms with E-state index < -0.39 is 0 Å². The number of nitrogens with zero attached hydrogens (tertiary/aromatic N) is 1. The predicted octanol–water partition coefficient (Wildman–Crippen LogP) is 1.75. The fourth-order valence-electron chi connectivity index (χ4n) is 2.62. The summed E-state index contributed by atoms with van der Waals surface area (Å²) in [5.41, 5.74) is 6.57. The Morgan fingerprint density at radius 2 is 2.20 bits per heavy atom. The smallest absolute Gasteiger partial charge is 0.250 e. The maximum absolute atomic E-state index is 11.9. The molecule has 20 heavy (non-hydrogen) atoms. The monoisotopic (exact) mass is 299 g/mol. The normalized spacial score (nSPS) is 21.3. The van der Waals surface area contributed by atoms with Gasteiger partial charge in [-0.3, -0.25) is 9.59 Å². The van der Waals surface area contributed by atoms with Crippen molar-refractivity contribution in [2.75, 3.05) is 5.32 Å². The average Bonchev–Trinajstić information content (AvgIpc) is 2.77. The highest BCUT2D eigenvalue weighted by atomic mass is 35.5. The second kappa shape index (κ2) is 7.45. The van der Waals surface area contributed by atoms with Crippen molar-refractivity contribution in [3.63, 3.8) is 0 Å². The number of rotatable bonds is 4. The van der Waals surface area contributed by atoms with Gasteiger partial charge in [0.15, 0.2) is 0 Å². The van der Waals surface area contributed by atoms with Crippen LogP contribution in [-0.4, -0.2) is 16.5 Å². The number of nitrogens with one attached hydrogen (secondary N) is 1. The molecular formula is C14H22ClN3O2. The first-order valence-electron chi connectivity index (χ1n) is 6.86. The van der Waals surface area contributed by atoms with Crippen molar-refractivity contribution in [2.45, 2.75) is 45.2 Å². The van der Waals surface area contributed by atoms with E-state index in [-0.39, 0.29) is 35.8 Å². The number of nitrogens with two attached hydrogens (primary N) is 1. The number of hydrogen-bond acceptors (Lipinski definition) is 3. The number of aromatic nitrogens is 1. The van der Waals surface area contributed by atoms with Crippen molar-refractivity contribution in [1.82, 2.24) is 4.57 Å². The van der Waals surface area contributed by atoms with E-state index in [4.69, 9.17) is 5.73 Å². The lowest BCUT2D eigenvalue weighted by atomic mass is 10.00. The van der Waals surface area contributed by atoms with E-state index in [2.05, 4.69) is 5.32 Å². The third kappa shape index (κ3) is 4.08. The zero-order valence-corrected chi connectivity index (χ0v) is 12.5. The van der Waals surface area contributed by atoms with Crippen molar-refractivity contribution >= 4 is 24.0 Å². The van der Waals surface area contributed by atoms with E-state index in [0.717, 1.165) is 19.3 Å². The zero-order chi connectivity index (χ0) is 13.8. The second-order valence-electron chi connectivity index (χ2n) is 5.15. The Morgan fingerprint density at radius 3 is 2.80 bits per heavy atom. The molecule has 0 aromatic carbocycles. The fraction of sp³-hybridized carbons (Fsp3) is 0.571. The molecular weight excluding hydrogens is 278 g/mol. The molecule has 6 heteroatoms. The Labute approximate surface area is 125 Å². The molecule has 1 aromatic heterocycles. The van der Waals surface area contributed by atoms with Gasteiger partial charge in [-0.2, -0.15) is 0 Å². The maximum atomic E-state index is 11.9. The molecule has 5 nitrogen and oxygen atoms in total. The van der Waals surface area contributed by atoms with E-state index in [1.165, 1.54) is 6.07 Å². The number of hydrogen-bond donors (Lipinski definition) is 2. The summed E-state index contributed by atoms with van der Waals surface area (Å²) in [5.74, 6) is 0.265. The topological polar surface area (TPSA) is 77.1 Å². The summed E-state index contributed by atoms with van der Waals surface area (Å²) >= 11 is 0. The van der Waals surface area contributed by atoms with Crippen LogP contribution in [0.3, 0.4) is 0 Å². The Bertz CT molecular complexity index is 515. The molecule has 1 aliphatic carbocycles. The minimum Gasteiger partial charge on any atom is -0.327 e. The Kier molecular flexibility index (Phi) is 6.23. The summed E-state index contributed by atoms with van der Waals surface area (Å²) in [5, 5.41) is 2.84. The number of carbonyl (C=O) groups is 1. The summed E-state index contributed by atoms with van der Waals surface area (Å²) in [6, 6.07) is 3.26. The molecule has 1 aromatic rings. The Hall–Kier alpha value is -1.33. The quantitative estimate of drug-likeness (QED) is 0.889. The van der Waals surface area contributed by atoms with Crippen LogP contribution in [0.25, 0.3) is 0 Å². The highest BCUT2D eigenvalue weighted by Gasteiger charge is 2.25. The van der Waals surface area contributed by atoms with Gasteiger partial charge in [-0.05, 0) is 31.7 Å². The van der Waals surface area contributed by atoms with Crippen LogP contribution in [-0.2, 0) is 11.3 Å².